The molecule has 1 rings (SSSR count). The first kappa shape index (κ1) is 28.7. The minimum absolute atomic E-state index is 0.324. The average molecular weight is 521 g/mol. The second kappa shape index (κ2) is 11.7. The fourth-order valence-corrected chi connectivity index (χ4v) is 29.9. The van der Waals surface area contributed by atoms with Gasteiger partial charge >= 0.3 is 42.8 Å². The Morgan fingerprint density at radius 3 is 0.600 bits per heavy atom. The third-order valence-corrected chi connectivity index (χ3v) is 25.5. The van der Waals surface area contributed by atoms with Gasteiger partial charge in [-0.25, -0.2) is 0 Å². The van der Waals surface area contributed by atoms with Crippen molar-refractivity contribution in [2.24, 2.45) is 0 Å². The Morgan fingerprint density at radius 1 is 0.367 bits per heavy atom. The summed E-state index contributed by atoms with van der Waals surface area (Å²) in [5, 5.41) is 0. The van der Waals surface area contributed by atoms with Crippen LogP contribution < -0.4 is 0 Å². The predicted octanol–water partition coefficient (Wildman–Crippen LogP) is 1.37. The highest BCUT2D eigenvalue weighted by Crippen LogP contribution is 2.31. The molecule has 1 aliphatic heterocycles. The fraction of sp³-hybridized carbons (Fsp3) is 1.00. The first-order valence-electron chi connectivity index (χ1n) is 9.79. The van der Waals surface area contributed by atoms with E-state index >= 15 is 0 Å². The van der Waals surface area contributed by atoms with Crippen molar-refractivity contribution in [3.05, 3.63) is 0 Å². The summed E-state index contributed by atoms with van der Waals surface area (Å²) in [5.74, 6) is 0. The van der Waals surface area contributed by atoms with Crippen LogP contribution in [0.4, 0.5) is 0 Å². The lowest BCUT2D eigenvalue weighted by molar-refractivity contribution is 0.123. The van der Waals surface area contributed by atoms with Crippen molar-refractivity contribution >= 4 is 42.8 Å². The van der Waals surface area contributed by atoms with Gasteiger partial charge in [-0.05, 0) is 32.7 Å². The quantitative estimate of drug-likeness (QED) is 0.393. The van der Waals surface area contributed by atoms with Gasteiger partial charge in [0.2, 0.25) is 0 Å². The molecular weight excluding hydrogens is 481 g/mol. The molecule has 0 atom stereocenters. The monoisotopic (exact) mass is 520 g/mol. The molecule has 30 heavy (non-hydrogen) atoms. The summed E-state index contributed by atoms with van der Waals surface area (Å²) in [6.07, 6.45) is 1.62. The van der Waals surface area contributed by atoms with Crippen LogP contribution in [0.1, 0.15) is 0 Å². The van der Waals surface area contributed by atoms with Crippen LogP contribution in [0.25, 0.3) is 0 Å². The molecule has 10 nitrogen and oxygen atoms in total. The highest BCUT2D eigenvalue weighted by molar-refractivity contribution is 6.94. The van der Waals surface area contributed by atoms with Crippen molar-refractivity contribution < 1.29 is 44.3 Å². The molecule has 0 N–H and O–H groups in total. The van der Waals surface area contributed by atoms with Crippen molar-refractivity contribution in [1.29, 1.82) is 0 Å². The van der Waals surface area contributed by atoms with Crippen LogP contribution in [0.2, 0.25) is 32.7 Å². The number of ether oxygens (including phenoxy) is 5. The molecule has 0 aromatic carbocycles. The Hall–Kier alpha value is 0.684. The molecular formula is C15H40O10Si5. The SMILES string of the molecule is COC[Si]1(C)O[Si](C)(COC)O[Si](C)(COC)O[Si](C)(COC)O[Si](C)(COC)O1. The van der Waals surface area contributed by atoms with Crippen molar-refractivity contribution in [2.45, 2.75) is 32.7 Å². The molecule has 180 valence electrons. The standard InChI is InChI=1S/C15H40O10Si5/c1-16-11-26(6)21-27(7,12-17-2)23-29(9,14-19-4)25-30(10,15-20-5)24-28(8,22-26)13-18-3/h11-15H2,1-10H3. The van der Waals surface area contributed by atoms with E-state index in [9.17, 15) is 0 Å². The largest absolute Gasteiger partial charge is 0.413 e. The zero-order chi connectivity index (χ0) is 23.1. The normalized spacial score (nSPS) is 41.0. The van der Waals surface area contributed by atoms with E-state index in [4.69, 9.17) is 44.3 Å². The molecule has 0 saturated carbocycles. The minimum Gasteiger partial charge on any atom is -0.413 e. The van der Waals surface area contributed by atoms with Crippen LogP contribution in [-0.4, -0.2) is 110 Å². The Balaban J connectivity index is 3.57. The number of methoxy groups -OCH3 is 5. The summed E-state index contributed by atoms with van der Waals surface area (Å²) in [7, 11) is -6.30. The van der Waals surface area contributed by atoms with Crippen molar-refractivity contribution in [3.8, 4) is 0 Å². The van der Waals surface area contributed by atoms with Crippen molar-refractivity contribution in [2.75, 3.05) is 66.7 Å². The molecule has 0 aromatic heterocycles. The third kappa shape index (κ3) is 8.56. The van der Waals surface area contributed by atoms with Crippen molar-refractivity contribution in [3.63, 3.8) is 0 Å². The topological polar surface area (TPSA) is 92.3 Å². The highest BCUT2D eigenvalue weighted by Gasteiger charge is 2.58. The van der Waals surface area contributed by atoms with E-state index < -0.39 is 42.8 Å². The number of hydrogen-bond acceptors (Lipinski definition) is 10. The Bertz CT molecular complexity index is 414. The van der Waals surface area contributed by atoms with E-state index in [2.05, 4.69) is 0 Å². The first-order chi connectivity index (χ1) is 13.8. The van der Waals surface area contributed by atoms with Gasteiger partial charge in [-0.1, -0.05) is 0 Å². The van der Waals surface area contributed by atoms with Crippen LogP contribution in [0.15, 0.2) is 0 Å². The molecule has 1 fully saturated rings. The minimum atomic E-state index is -2.89. The zero-order valence-electron chi connectivity index (χ0n) is 20.1. The summed E-state index contributed by atoms with van der Waals surface area (Å²) in [6, 6.07) is 0. The Morgan fingerprint density at radius 2 is 0.500 bits per heavy atom. The molecule has 0 radical (unpaired) electrons. The Kier molecular flexibility index (Phi) is 11.2. The maximum Gasteiger partial charge on any atom is 0.344 e. The van der Waals surface area contributed by atoms with Gasteiger partial charge in [0.25, 0.3) is 0 Å². The predicted molar refractivity (Wildman–Crippen MR) is 123 cm³/mol. The maximum atomic E-state index is 6.66. The lowest BCUT2D eigenvalue weighted by Gasteiger charge is -2.49. The summed E-state index contributed by atoms with van der Waals surface area (Å²) >= 11 is 0. The van der Waals surface area contributed by atoms with Crippen LogP contribution >= 0.6 is 0 Å². The van der Waals surface area contributed by atoms with E-state index in [0.29, 0.717) is 31.2 Å². The van der Waals surface area contributed by atoms with E-state index in [0.717, 1.165) is 0 Å². The molecule has 0 aromatic rings. The maximum absolute atomic E-state index is 6.66. The molecule has 1 heterocycles. The van der Waals surface area contributed by atoms with Gasteiger partial charge in [0.15, 0.2) is 0 Å². The molecule has 1 aliphatic rings. The molecule has 0 bridgehead atoms. The summed E-state index contributed by atoms with van der Waals surface area (Å²) in [4.78, 5) is 0. The highest BCUT2D eigenvalue weighted by atomic mass is 28.5. The molecule has 1 saturated heterocycles. The second-order valence-corrected chi connectivity index (χ2v) is 25.2. The lowest BCUT2D eigenvalue weighted by Crippen LogP contribution is -2.71. The molecule has 0 aliphatic carbocycles. The van der Waals surface area contributed by atoms with Gasteiger partial charge < -0.3 is 44.3 Å². The summed E-state index contributed by atoms with van der Waals surface area (Å²) in [5.41, 5.74) is 0. The number of hydrogen-bond donors (Lipinski definition) is 0. The van der Waals surface area contributed by atoms with E-state index in [1.807, 2.05) is 32.7 Å². The summed E-state index contributed by atoms with van der Waals surface area (Å²) < 4.78 is 60.8. The Labute approximate surface area is 186 Å². The van der Waals surface area contributed by atoms with Crippen LogP contribution in [0.5, 0.6) is 0 Å². The smallest absolute Gasteiger partial charge is 0.344 e. The van der Waals surface area contributed by atoms with Gasteiger partial charge in [0, 0.05) is 35.5 Å². The molecule has 0 amide bonds. The first-order valence-corrected chi connectivity index (χ1v) is 22.4. The van der Waals surface area contributed by atoms with Gasteiger partial charge in [-0.3, -0.25) is 0 Å². The van der Waals surface area contributed by atoms with Gasteiger partial charge in [0.05, 0.1) is 31.2 Å². The van der Waals surface area contributed by atoms with Crippen LogP contribution in [-0.2, 0) is 44.3 Å². The fourth-order valence-electron chi connectivity index (χ4n) is 3.99. The van der Waals surface area contributed by atoms with E-state index in [1.165, 1.54) is 0 Å². The molecule has 0 spiro atoms. The summed E-state index contributed by atoms with van der Waals surface area (Å²) in [6.45, 7) is 9.85. The van der Waals surface area contributed by atoms with Gasteiger partial charge in [-0.15, -0.1) is 0 Å². The lowest BCUT2D eigenvalue weighted by atomic mass is 11.5. The van der Waals surface area contributed by atoms with E-state index in [1.54, 1.807) is 35.5 Å². The zero-order valence-corrected chi connectivity index (χ0v) is 25.1. The molecule has 0 unspecified atom stereocenters. The van der Waals surface area contributed by atoms with E-state index in [-0.39, 0.29) is 0 Å². The van der Waals surface area contributed by atoms with Crippen LogP contribution in [0, 0.1) is 0 Å². The van der Waals surface area contributed by atoms with Crippen molar-refractivity contribution in [1.82, 2.24) is 0 Å². The second-order valence-electron chi connectivity index (χ2n) is 8.34. The average Bonchev–Trinajstić information content (AvgIpc) is 2.52. The molecule has 15 heteroatoms. The van der Waals surface area contributed by atoms with Crippen LogP contribution in [0.3, 0.4) is 0 Å². The number of rotatable bonds is 10. The van der Waals surface area contributed by atoms with Gasteiger partial charge in [0.1, 0.15) is 0 Å². The van der Waals surface area contributed by atoms with Gasteiger partial charge in [-0.2, -0.15) is 0 Å². The third-order valence-electron chi connectivity index (χ3n) is 4.19.